The zero-order valence-electron chi connectivity index (χ0n) is 12.0. The smallest absolute Gasteiger partial charge is 0.134 e. The van der Waals surface area contributed by atoms with Crippen LogP contribution in [0.1, 0.15) is 11.7 Å². The van der Waals surface area contributed by atoms with Gasteiger partial charge in [-0.3, -0.25) is 0 Å². The van der Waals surface area contributed by atoms with Crippen molar-refractivity contribution in [3.8, 4) is 5.75 Å². The van der Waals surface area contributed by atoms with E-state index in [1.54, 1.807) is 4.68 Å². The molecule has 4 rings (SSSR count). The third kappa shape index (κ3) is 2.47. The molecule has 0 radical (unpaired) electrons. The predicted molar refractivity (Wildman–Crippen MR) is 77.3 cm³/mol. The number of benzene rings is 1. The van der Waals surface area contributed by atoms with E-state index in [-0.39, 0.29) is 24.3 Å². The minimum Gasteiger partial charge on any atom is -0.487 e. The second-order valence-corrected chi connectivity index (χ2v) is 5.62. The number of nitrogens with two attached hydrogens (primary N) is 1. The lowest BCUT2D eigenvalue weighted by Crippen LogP contribution is -2.36. The Morgan fingerprint density at radius 1 is 1.18 bits per heavy atom. The maximum absolute atomic E-state index is 5.96. The summed E-state index contributed by atoms with van der Waals surface area (Å²) in [5.74, 6) is 0.811. The summed E-state index contributed by atoms with van der Waals surface area (Å²) in [6.45, 7) is 1.46. The van der Waals surface area contributed by atoms with Gasteiger partial charge < -0.3 is 19.9 Å². The van der Waals surface area contributed by atoms with Gasteiger partial charge in [0.2, 0.25) is 0 Å². The van der Waals surface area contributed by atoms with Gasteiger partial charge in [-0.2, -0.15) is 0 Å². The van der Waals surface area contributed by atoms with E-state index in [4.69, 9.17) is 19.9 Å². The van der Waals surface area contributed by atoms with Crippen LogP contribution in [0.15, 0.2) is 36.5 Å². The number of rotatable bonds is 4. The summed E-state index contributed by atoms with van der Waals surface area (Å²) in [5.41, 5.74) is 6.74. The van der Waals surface area contributed by atoms with Gasteiger partial charge in [-0.05, 0) is 12.1 Å². The highest BCUT2D eigenvalue weighted by Gasteiger charge is 2.47. The summed E-state index contributed by atoms with van der Waals surface area (Å²) < 4.78 is 18.9. The van der Waals surface area contributed by atoms with Gasteiger partial charge in [-0.15, -0.1) is 5.10 Å². The van der Waals surface area contributed by atoms with Crippen LogP contribution in [0.25, 0.3) is 0 Å². The molecule has 0 saturated carbocycles. The van der Waals surface area contributed by atoms with Crippen LogP contribution in [-0.4, -0.2) is 46.5 Å². The highest BCUT2D eigenvalue weighted by atomic mass is 16.6. The first-order chi connectivity index (χ1) is 10.8. The van der Waals surface area contributed by atoms with Gasteiger partial charge in [-0.1, -0.05) is 23.4 Å². The summed E-state index contributed by atoms with van der Waals surface area (Å²) in [4.78, 5) is 0. The van der Waals surface area contributed by atoms with Crippen LogP contribution in [-0.2, 0) is 16.1 Å². The minimum absolute atomic E-state index is 0.0246. The van der Waals surface area contributed by atoms with E-state index in [0.717, 1.165) is 11.4 Å². The third-order valence-corrected chi connectivity index (χ3v) is 4.09. The first-order valence-corrected chi connectivity index (χ1v) is 7.38. The van der Waals surface area contributed by atoms with E-state index < -0.39 is 0 Å². The van der Waals surface area contributed by atoms with Crippen LogP contribution in [0.5, 0.6) is 5.75 Å². The van der Waals surface area contributed by atoms with Crippen LogP contribution >= 0.6 is 0 Å². The fourth-order valence-corrected chi connectivity index (χ4v) is 2.95. The van der Waals surface area contributed by atoms with Crippen molar-refractivity contribution in [1.82, 2.24) is 15.0 Å². The van der Waals surface area contributed by atoms with Crippen LogP contribution in [0.3, 0.4) is 0 Å². The normalized spacial score (nSPS) is 30.4. The Kier molecular flexibility index (Phi) is 3.53. The average molecular weight is 302 g/mol. The van der Waals surface area contributed by atoms with Crippen molar-refractivity contribution in [2.45, 2.75) is 30.9 Å². The predicted octanol–water partition coefficient (Wildman–Crippen LogP) is 0.523. The van der Waals surface area contributed by atoms with Crippen molar-refractivity contribution in [3.05, 3.63) is 42.2 Å². The summed E-state index contributed by atoms with van der Waals surface area (Å²) in [5, 5.41) is 8.34. The van der Waals surface area contributed by atoms with Gasteiger partial charge in [-0.25, -0.2) is 4.68 Å². The molecule has 0 spiro atoms. The number of para-hydroxylation sites is 1. The molecule has 0 bridgehead atoms. The third-order valence-electron chi connectivity index (χ3n) is 4.09. The molecule has 2 aromatic rings. The van der Waals surface area contributed by atoms with Crippen LogP contribution in [0.4, 0.5) is 0 Å². The molecule has 22 heavy (non-hydrogen) atoms. The lowest BCUT2D eigenvalue weighted by atomic mass is 10.1. The van der Waals surface area contributed by atoms with Gasteiger partial charge in [0.25, 0.3) is 0 Å². The Morgan fingerprint density at radius 2 is 2.00 bits per heavy atom. The van der Waals surface area contributed by atoms with E-state index in [9.17, 15) is 0 Å². The van der Waals surface area contributed by atoms with Crippen molar-refractivity contribution in [2.24, 2.45) is 5.73 Å². The largest absolute Gasteiger partial charge is 0.487 e. The van der Waals surface area contributed by atoms with E-state index >= 15 is 0 Å². The molecule has 1 aromatic heterocycles. The molecule has 2 aliphatic rings. The number of ether oxygens (including phenoxy) is 3. The topological polar surface area (TPSA) is 84.4 Å². The second-order valence-electron chi connectivity index (χ2n) is 5.62. The molecule has 116 valence electrons. The van der Waals surface area contributed by atoms with Crippen molar-refractivity contribution in [1.29, 1.82) is 0 Å². The quantitative estimate of drug-likeness (QED) is 0.886. The molecule has 2 aliphatic heterocycles. The molecule has 2 saturated heterocycles. The molecule has 7 heteroatoms. The Bertz CT molecular complexity index is 633. The number of fused-ring (bicyclic) bond motifs is 1. The average Bonchev–Trinajstić information content (AvgIpc) is 3.24. The van der Waals surface area contributed by atoms with E-state index in [2.05, 4.69) is 10.3 Å². The number of nitrogens with zero attached hydrogens (tertiary/aromatic N) is 3. The van der Waals surface area contributed by atoms with Crippen LogP contribution in [0, 0.1) is 0 Å². The first-order valence-electron chi connectivity index (χ1n) is 7.38. The van der Waals surface area contributed by atoms with E-state index in [1.807, 2.05) is 36.5 Å². The molecule has 0 unspecified atom stereocenters. The molecule has 3 heterocycles. The summed E-state index contributed by atoms with van der Waals surface area (Å²) in [7, 11) is 0. The summed E-state index contributed by atoms with van der Waals surface area (Å²) in [6.07, 6.45) is 1.80. The Hall–Kier alpha value is -1.96. The Balaban J connectivity index is 1.41. The molecule has 7 nitrogen and oxygen atoms in total. The van der Waals surface area contributed by atoms with Gasteiger partial charge in [0, 0.05) is 0 Å². The first kappa shape index (κ1) is 13.7. The molecule has 1 aromatic carbocycles. The monoisotopic (exact) mass is 302 g/mol. The molecular weight excluding hydrogens is 284 g/mol. The lowest BCUT2D eigenvalue weighted by molar-refractivity contribution is 0.0627. The highest BCUT2D eigenvalue weighted by molar-refractivity contribution is 5.21. The molecular formula is C15H18N4O3. The number of hydrogen-bond donors (Lipinski definition) is 1. The Morgan fingerprint density at radius 3 is 2.86 bits per heavy atom. The summed E-state index contributed by atoms with van der Waals surface area (Å²) in [6, 6.07) is 9.61. The van der Waals surface area contributed by atoms with Gasteiger partial charge in [0.05, 0.1) is 25.5 Å². The van der Waals surface area contributed by atoms with Gasteiger partial charge >= 0.3 is 0 Å². The molecule has 0 aliphatic carbocycles. The zero-order valence-corrected chi connectivity index (χ0v) is 12.0. The van der Waals surface area contributed by atoms with Crippen molar-refractivity contribution < 1.29 is 14.2 Å². The molecule has 2 N–H and O–H groups in total. The van der Waals surface area contributed by atoms with Gasteiger partial charge in [0.1, 0.15) is 36.3 Å². The SMILES string of the molecule is N[C@H]1CO[C@H]2[C@@H]1OC[C@@H]2n1cc(COc2ccccc2)nn1. The zero-order chi connectivity index (χ0) is 14.9. The maximum Gasteiger partial charge on any atom is 0.134 e. The molecule has 4 atom stereocenters. The highest BCUT2D eigenvalue weighted by Crippen LogP contribution is 2.33. The minimum atomic E-state index is -0.0561. The maximum atomic E-state index is 5.96. The standard InChI is InChI=1S/C15H18N4O3/c16-12-8-21-15-13(9-22-14(12)15)19-6-10(17-18-19)7-20-11-4-2-1-3-5-11/h1-6,12-15H,7-9,16H2/t12-,13-,14+,15+/m0/s1. The lowest BCUT2D eigenvalue weighted by Gasteiger charge is -2.15. The van der Waals surface area contributed by atoms with Crippen LogP contribution < -0.4 is 10.5 Å². The van der Waals surface area contributed by atoms with E-state index in [1.165, 1.54) is 0 Å². The van der Waals surface area contributed by atoms with E-state index in [0.29, 0.717) is 19.8 Å². The van der Waals surface area contributed by atoms with Crippen LogP contribution in [0.2, 0.25) is 0 Å². The van der Waals surface area contributed by atoms with Gasteiger partial charge in [0.15, 0.2) is 0 Å². The van der Waals surface area contributed by atoms with Crippen molar-refractivity contribution in [3.63, 3.8) is 0 Å². The summed E-state index contributed by atoms with van der Waals surface area (Å²) >= 11 is 0. The number of hydrogen-bond acceptors (Lipinski definition) is 6. The fraction of sp³-hybridized carbons (Fsp3) is 0.467. The molecule has 2 fully saturated rings. The fourth-order valence-electron chi connectivity index (χ4n) is 2.95. The Labute approximate surface area is 128 Å². The molecule has 0 amide bonds. The van der Waals surface area contributed by atoms with Crippen molar-refractivity contribution >= 4 is 0 Å². The number of aromatic nitrogens is 3. The van der Waals surface area contributed by atoms with Crippen molar-refractivity contribution in [2.75, 3.05) is 13.2 Å². The second kappa shape index (κ2) is 5.68.